The van der Waals surface area contributed by atoms with Crippen LogP contribution < -0.4 is 15.2 Å². The normalized spacial score (nSPS) is 13.9. The van der Waals surface area contributed by atoms with Crippen LogP contribution in [0.1, 0.15) is 38.8 Å². The van der Waals surface area contributed by atoms with Gasteiger partial charge >= 0.3 is 0 Å². The zero-order chi connectivity index (χ0) is 27.4. The van der Waals surface area contributed by atoms with Crippen molar-refractivity contribution >= 4 is 22.6 Å². The van der Waals surface area contributed by atoms with Crippen molar-refractivity contribution in [3.63, 3.8) is 0 Å². The van der Waals surface area contributed by atoms with E-state index in [1.165, 1.54) is 11.0 Å². The van der Waals surface area contributed by atoms with Crippen molar-refractivity contribution in [2.75, 3.05) is 12.8 Å². The Hall–Kier alpha value is -5.44. The number of fused-ring (bicyclic) bond motifs is 3. The summed E-state index contributed by atoms with van der Waals surface area (Å²) in [6.07, 6.45) is 1.36. The third-order valence-corrected chi connectivity index (χ3v) is 7.32. The number of hydrogen-bond acceptors (Lipinski definition) is 7. The summed E-state index contributed by atoms with van der Waals surface area (Å²) in [6.45, 7) is 1.86. The summed E-state index contributed by atoms with van der Waals surface area (Å²) in [4.78, 5) is 26.3. The zero-order valence-electron chi connectivity index (χ0n) is 21.8. The lowest BCUT2D eigenvalue weighted by Gasteiger charge is -2.26. The van der Waals surface area contributed by atoms with Crippen molar-refractivity contribution in [1.82, 2.24) is 24.7 Å². The highest BCUT2D eigenvalue weighted by molar-refractivity contribution is 6.11. The van der Waals surface area contributed by atoms with Crippen LogP contribution in [0.25, 0.3) is 22.0 Å². The van der Waals surface area contributed by atoms with Gasteiger partial charge in [0.2, 0.25) is 11.8 Å². The Kier molecular flexibility index (Phi) is 5.38. The Morgan fingerprint density at radius 3 is 2.50 bits per heavy atom. The monoisotopic (exact) mass is 528 g/mol. The molecule has 1 unspecified atom stereocenters. The molecule has 0 bridgehead atoms. The number of carbonyl (C=O) groups excluding carboxylic acids is 1. The second-order valence-corrected chi connectivity index (χ2v) is 9.60. The van der Waals surface area contributed by atoms with Crippen molar-refractivity contribution in [1.29, 1.82) is 0 Å². The number of aryl methyl sites for hydroxylation is 1. The van der Waals surface area contributed by atoms with Gasteiger partial charge in [-0.15, -0.1) is 0 Å². The quantitative estimate of drug-likeness (QED) is 0.301. The number of anilines is 1. The maximum atomic E-state index is 14.4. The number of nitrogen functional groups attached to an aromatic ring is 1. The van der Waals surface area contributed by atoms with Crippen LogP contribution >= 0.6 is 0 Å². The van der Waals surface area contributed by atoms with E-state index in [1.807, 2.05) is 85.8 Å². The topological polar surface area (TPSA) is 121 Å². The molecule has 0 amide bonds. The van der Waals surface area contributed by atoms with Crippen molar-refractivity contribution < 1.29 is 14.3 Å². The molecule has 1 atom stereocenters. The van der Waals surface area contributed by atoms with E-state index < -0.39 is 0 Å². The minimum Gasteiger partial charge on any atom is -0.497 e. The highest BCUT2D eigenvalue weighted by atomic mass is 16.5. The number of nitrogens with two attached hydrogens (primary N) is 1. The average molecular weight is 529 g/mol. The lowest BCUT2D eigenvalue weighted by atomic mass is 9.84. The molecule has 3 aromatic carbocycles. The van der Waals surface area contributed by atoms with Gasteiger partial charge in [-0.2, -0.15) is 9.78 Å². The van der Waals surface area contributed by atoms with Crippen LogP contribution in [0.5, 0.6) is 17.5 Å². The van der Waals surface area contributed by atoms with E-state index in [2.05, 4.69) is 15.0 Å². The predicted octanol–water partition coefficient (Wildman–Crippen LogP) is 5.70. The maximum Gasteiger partial charge on any atom is 0.298 e. The van der Waals surface area contributed by atoms with Gasteiger partial charge in [-0.25, -0.2) is 9.97 Å². The Labute approximate surface area is 229 Å². The molecule has 9 heteroatoms. The minimum atomic E-state index is -0.365. The van der Waals surface area contributed by atoms with Gasteiger partial charge in [-0.05, 0) is 36.2 Å². The summed E-state index contributed by atoms with van der Waals surface area (Å²) in [7, 11) is 1.62. The molecule has 6 aromatic rings. The second kappa shape index (κ2) is 9.09. The number of aromatic nitrogens is 5. The van der Waals surface area contributed by atoms with Crippen LogP contribution in [0.15, 0.2) is 85.2 Å². The van der Waals surface area contributed by atoms with E-state index in [9.17, 15) is 4.79 Å². The number of methoxy groups -OCH3 is 1. The number of nitrogens with zero attached hydrogens (tertiary/aromatic N) is 4. The Bertz CT molecular complexity index is 1910. The molecule has 0 fully saturated rings. The molecule has 0 saturated heterocycles. The van der Waals surface area contributed by atoms with E-state index in [0.29, 0.717) is 40.3 Å². The number of aromatic amines is 1. The fourth-order valence-electron chi connectivity index (χ4n) is 5.51. The van der Waals surface area contributed by atoms with Crippen molar-refractivity contribution in [3.8, 4) is 28.6 Å². The molecule has 0 saturated carbocycles. The molecule has 1 aliphatic heterocycles. The van der Waals surface area contributed by atoms with E-state index in [0.717, 1.165) is 33.2 Å². The number of rotatable bonds is 4. The molecule has 1 aliphatic rings. The molecule has 3 N–H and O–H groups in total. The van der Waals surface area contributed by atoms with Crippen LogP contribution in [-0.4, -0.2) is 37.7 Å². The SMILES string of the molecule is COc1ccc2[nH]c(C(=O)n3nc(C)c4c3Oc3ncnc(N)c3C4c3ccccc3)c(-c3ccccc3)c2c1. The largest absolute Gasteiger partial charge is 0.497 e. The van der Waals surface area contributed by atoms with Crippen molar-refractivity contribution in [2.45, 2.75) is 12.8 Å². The molecule has 196 valence electrons. The number of ether oxygens (including phenoxy) is 2. The van der Waals surface area contributed by atoms with Gasteiger partial charge in [0.25, 0.3) is 5.91 Å². The maximum absolute atomic E-state index is 14.4. The number of carbonyl (C=O) groups is 1. The van der Waals surface area contributed by atoms with Crippen LogP contribution in [-0.2, 0) is 0 Å². The number of benzene rings is 3. The van der Waals surface area contributed by atoms with Crippen LogP contribution in [0.2, 0.25) is 0 Å². The fourth-order valence-corrected chi connectivity index (χ4v) is 5.51. The summed E-state index contributed by atoms with van der Waals surface area (Å²) in [6, 6.07) is 25.3. The van der Waals surface area contributed by atoms with Gasteiger partial charge in [0.15, 0.2) is 0 Å². The van der Waals surface area contributed by atoms with Gasteiger partial charge in [0.05, 0.1) is 29.8 Å². The Morgan fingerprint density at radius 2 is 1.75 bits per heavy atom. The molecule has 9 nitrogen and oxygen atoms in total. The van der Waals surface area contributed by atoms with Crippen molar-refractivity contribution in [2.24, 2.45) is 0 Å². The van der Waals surface area contributed by atoms with Gasteiger partial charge in [0.1, 0.15) is 23.6 Å². The number of hydrogen-bond donors (Lipinski definition) is 2. The van der Waals surface area contributed by atoms with Gasteiger partial charge in [-0.3, -0.25) is 4.79 Å². The van der Waals surface area contributed by atoms with Crippen LogP contribution in [0, 0.1) is 6.92 Å². The van der Waals surface area contributed by atoms with Gasteiger partial charge in [-0.1, -0.05) is 60.7 Å². The summed E-state index contributed by atoms with van der Waals surface area (Å²) >= 11 is 0. The van der Waals surface area contributed by atoms with E-state index in [-0.39, 0.29) is 11.8 Å². The summed E-state index contributed by atoms with van der Waals surface area (Å²) in [5.74, 6) is 0.889. The molecule has 40 heavy (non-hydrogen) atoms. The van der Waals surface area contributed by atoms with E-state index in [1.54, 1.807) is 7.11 Å². The number of nitrogens with one attached hydrogen (secondary N) is 1. The molecule has 0 radical (unpaired) electrons. The molecule has 3 aromatic heterocycles. The lowest BCUT2D eigenvalue weighted by Crippen LogP contribution is -2.20. The van der Waals surface area contributed by atoms with Crippen LogP contribution in [0.3, 0.4) is 0 Å². The highest BCUT2D eigenvalue weighted by Gasteiger charge is 2.39. The molecular weight excluding hydrogens is 504 g/mol. The predicted molar refractivity (Wildman–Crippen MR) is 151 cm³/mol. The Balaban J connectivity index is 1.45. The highest BCUT2D eigenvalue weighted by Crippen LogP contribution is 2.49. The van der Waals surface area contributed by atoms with E-state index >= 15 is 0 Å². The minimum absolute atomic E-state index is 0.299. The molecular formula is C31H24N6O3. The van der Waals surface area contributed by atoms with Crippen molar-refractivity contribution in [3.05, 3.63) is 113 Å². The first-order chi connectivity index (χ1) is 19.5. The summed E-state index contributed by atoms with van der Waals surface area (Å²) in [5.41, 5.74) is 12.2. The van der Waals surface area contributed by atoms with Gasteiger partial charge < -0.3 is 20.2 Å². The third kappa shape index (κ3) is 3.55. The molecule has 0 aliphatic carbocycles. The summed E-state index contributed by atoms with van der Waals surface area (Å²) < 4.78 is 13.1. The average Bonchev–Trinajstić information content (AvgIpc) is 3.54. The molecule has 7 rings (SSSR count). The van der Waals surface area contributed by atoms with Crippen LogP contribution in [0.4, 0.5) is 5.82 Å². The lowest BCUT2D eigenvalue weighted by molar-refractivity contribution is 0.0931. The van der Waals surface area contributed by atoms with E-state index in [4.69, 9.17) is 20.3 Å². The number of H-pyrrole nitrogens is 1. The standard InChI is InChI=1S/C31H24N6O3/c1-17-23-25(19-11-7-4-8-12-19)26-28(32)33-16-34-29(26)40-31(23)37(36-17)30(38)27-24(18-9-5-3-6-10-18)21-15-20(39-2)13-14-22(21)35-27/h3-16,25,35H,1-2H3,(H2,32,33,34). The first-order valence-electron chi connectivity index (χ1n) is 12.8. The summed E-state index contributed by atoms with van der Waals surface area (Å²) in [5, 5.41) is 5.57. The fraction of sp³-hybridized carbons (Fsp3) is 0.0968. The second-order valence-electron chi connectivity index (χ2n) is 9.60. The first kappa shape index (κ1) is 23.7. The third-order valence-electron chi connectivity index (χ3n) is 7.32. The smallest absolute Gasteiger partial charge is 0.298 e. The van der Waals surface area contributed by atoms with Gasteiger partial charge in [0, 0.05) is 16.5 Å². The zero-order valence-corrected chi connectivity index (χ0v) is 21.8. The first-order valence-corrected chi connectivity index (χ1v) is 12.8. The Morgan fingerprint density at radius 1 is 1.00 bits per heavy atom. The molecule has 0 spiro atoms. The molecule has 4 heterocycles.